The number of benzene rings is 1. The summed E-state index contributed by atoms with van der Waals surface area (Å²) < 4.78 is 11.1. The zero-order chi connectivity index (χ0) is 17.4. The Morgan fingerprint density at radius 3 is 2.67 bits per heavy atom. The van der Waals surface area contributed by atoms with Gasteiger partial charge in [-0.3, -0.25) is 4.79 Å². The second kappa shape index (κ2) is 9.19. The molecule has 0 spiro atoms. The average molecular weight is 333 g/mol. The van der Waals surface area contributed by atoms with Crippen LogP contribution in [0.3, 0.4) is 0 Å². The fourth-order valence-corrected chi connectivity index (χ4v) is 3.31. The van der Waals surface area contributed by atoms with E-state index in [2.05, 4.69) is 50.4 Å². The van der Waals surface area contributed by atoms with Crippen molar-refractivity contribution in [2.75, 3.05) is 33.0 Å². The Morgan fingerprint density at radius 1 is 1.29 bits per heavy atom. The molecular weight excluding hydrogens is 302 g/mol. The van der Waals surface area contributed by atoms with E-state index >= 15 is 0 Å². The molecule has 1 aromatic carbocycles. The van der Waals surface area contributed by atoms with Gasteiger partial charge in [0, 0.05) is 38.2 Å². The van der Waals surface area contributed by atoms with Crippen molar-refractivity contribution in [1.29, 1.82) is 0 Å². The molecule has 0 aromatic heterocycles. The number of carbonyl (C=O) groups excluding carboxylic acids is 1. The Kier molecular flexibility index (Phi) is 7.25. The van der Waals surface area contributed by atoms with Gasteiger partial charge in [-0.1, -0.05) is 38.1 Å². The lowest BCUT2D eigenvalue weighted by Crippen LogP contribution is -2.45. The predicted octanol–water partition coefficient (Wildman–Crippen LogP) is 3.22. The molecule has 0 aliphatic carbocycles. The molecule has 0 atom stereocenters. The van der Waals surface area contributed by atoms with Crippen molar-refractivity contribution in [3.63, 3.8) is 0 Å². The van der Waals surface area contributed by atoms with Gasteiger partial charge in [-0.05, 0) is 36.8 Å². The fraction of sp³-hybridized carbons (Fsp3) is 0.650. The quantitative estimate of drug-likeness (QED) is 0.743. The molecule has 1 fully saturated rings. The van der Waals surface area contributed by atoms with Gasteiger partial charge in [-0.2, -0.15) is 0 Å². The van der Waals surface area contributed by atoms with Crippen LogP contribution in [0.1, 0.15) is 44.2 Å². The smallest absolute Gasteiger partial charge is 0.222 e. The highest BCUT2D eigenvalue weighted by atomic mass is 16.5. The lowest BCUT2D eigenvalue weighted by atomic mass is 9.72. The van der Waals surface area contributed by atoms with E-state index in [1.807, 2.05) is 0 Å². The summed E-state index contributed by atoms with van der Waals surface area (Å²) in [6.45, 7) is 9.73. The third-order valence-corrected chi connectivity index (χ3v) is 4.71. The first-order chi connectivity index (χ1) is 11.5. The number of ether oxygens (including phenoxy) is 2. The average Bonchev–Trinajstić information content (AvgIpc) is 2.58. The lowest BCUT2D eigenvalue weighted by molar-refractivity contribution is -0.122. The first kappa shape index (κ1) is 18.9. The molecule has 0 bridgehead atoms. The molecule has 1 heterocycles. The van der Waals surface area contributed by atoms with Crippen LogP contribution in [0.4, 0.5) is 0 Å². The first-order valence-corrected chi connectivity index (χ1v) is 9.02. The maximum atomic E-state index is 12.2. The van der Waals surface area contributed by atoms with Gasteiger partial charge in [0.05, 0.1) is 6.61 Å². The van der Waals surface area contributed by atoms with Gasteiger partial charge in [0.15, 0.2) is 0 Å². The highest BCUT2D eigenvalue weighted by Crippen LogP contribution is 2.36. The topological polar surface area (TPSA) is 47.6 Å². The summed E-state index contributed by atoms with van der Waals surface area (Å²) in [5, 5.41) is 3.13. The predicted molar refractivity (Wildman–Crippen MR) is 96.2 cm³/mol. The van der Waals surface area contributed by atoms with Crippen LogP contribution in [0.2, 0.25) is 0 Å². The monoisotopic (exact) mass is 333 g/mol. The van der Waals surface area contributed by atoms with E-state index in [0.717, 1.165) is 26.1 Å². The Morgan fingerprint density at radius 2 is 2.00 bits per heavy atom. The van der Waals surface area contributed by atoms with Crippen molar-refractivity contribution in [1.82, 2.24) is 5.32 Å². The summed E-state index contributed by atoms with van der Waals surface area (Å²) in [6, 6.07) is 8.49. The Labute approximate surface area is 145 Å². The molecule has 2 rings (SSSR count). The second-order valence-corrected chi connectivity index (χ2v) is 7.20. The summed E-state index contributed by atoms with van der Waals surface area (Å²) in [7, 11) is 0. The minimum Gasteiger partial charge on any atom is -0.381 e. The SMILES string of the molecule is Cc1ccccc1C1(CNC(=O)CCOCC(C)C)CCOCC1. The zero-order valence-electron chi connectivity index (χ0n) is 15.3. The Balaban J connectivity index is 1.93. The van der Waals surface area contributed by atoms with E-state index in [1.54, 1.807) is 0 Å². The van der Waals surface area contributed by atoms with Crippen LogP contribution in [-0.4, -0.2) is 38.9 Å². The summed E-state index contributed by atoms with van der Waals surface area (Å²) >= 11 is 0. The van der Waals surface area contributed by atoms with Gasteiger partial charge in [0.2, 0.25) is 5.91 Å². The van der Waals surface area contributed by atoms with Gasteiger partial charge in [-0.15, -0.1) is 0 Å². The highest BCUT2D eigenvalue weighted by Gasteiger charge is 2.35. The molecule has 1 amide bonds. The van der Waals surface area contributed by atoms with Gasteiger partial charge < -0.3 is 14.8 Å². The number of nitrogens with one attached hydrogen (secondary N) is 1. The molecular formula is C20H31NO3. The van der Waals surface area contributed by atoms with Crippen molar-refractivity contribution in [3.8, 4) is 0 Å². The molecule has 134 valence electrons. The van der Waals surface area contributed by atoms with Gasteiger partial charge >= 0.3 is 0 Å². The summed E-state index contributed by atoms with van der Waals surface area (Å²) in [6.07, 6.45) is 2.32. The second-order valence-electron chi connectivity index (χ2n) is 7.20. The fourth-order valence-electron chi connectivity index (χ4n) is 3.31. The molecule has 4 heteroatoms. The van der Waals surface area contributed by atoms with Crippen molar-refractivity contribution in [2.24, 2.45) is 5.92 Å². The number of aryl methyl sites for hydroxylation is 1. The van der Waals surface area contributed by atoms with E-state index in [0.29, 0.717) is 32.1 Å². The molecule has 1 aliphatic heterocycles. The van der Waals surface area contributed by atoms with Crippen molar-refractivity contribution < 1.29 is 14.3 Å². The van der Waals surface area contributed by atoms with Crippen molar-refractivity contribution in [2.45, 2.75) is 45.4 Å². The highest BCUT2D eigenvalue weighted by molar-refractivity contribution is 5.76. The number of carbonyl (C=O) groups is 1. The van der Waals surface area contributed by atoms with Crippen LogP contribution in [0.15, 0.2) is 24.3 Å². The molecule has 1 aliphatic rings. The van der Waals surface area contributed by atoms with Crippen LogP contribution in [0, 0.1) is 12.8 Å². The van der Waals surface area contributed by atoms with Crippen LogP contribution in [-0.2, 0) is 19.7 Å². The minimum absolute atomic E-state index is 0.0158. The van der Waals surface area contributed by atoms with Crippen molar-refractivity contribution in [3.05, 3.63) is 35.4 Å². The Bertz CT molecular complexity index is 521. The maximum absolute atomic E-state index is 12.2. The largest absolute Gasteiger partial charge is 0.381 e. The van der Waals surface area contributed by atoms with Gasteiger partial charge in [0.1, 0.15) is 0 Å². The zero-order valence-corrected chi connectivity index (χ0v) is 15.3. The standard InChI is InChI=1S/C20H31NO3/c1-16(2)14-24-11-8-19(22)21-15-20(9-12-23-13-10-20)18-7-5-4-6-17(18)3/h4-7,16H,8-15H2,1-3H3,(H,21,22). The third-order valence-electron chi connectivity index (χ3n) is 4.71. The van der Waals surface area contributed by atoms with Gasteiger partial charge in [0.25, 0.3) is 0 Å². The van der Waals surface area contributed by atoms with E-state index in [9.17, 15) is 4.79 Å². The Hall–Kier alpha value is -1.39. The van der Waals surface area contributed by atoms with Crippen LogP contribution < -0.4 is 5.32 Å². The molecule has 4 nitrogen and oxygen atoms in total. The van der Waals surface area contributed by atoms with E-state index < -0.39 is 0 Å². The minimum atomic E-state index is -0.0158. The van der Waals surface area contributed by atoms with Crippen LogP contribution in [0.5, 0.6) is 0 Å². The first-order valence-electron chi connectivity index (χ1n) is 9.02. The number of rotatable bonds is 8. The number of hydrogen-bond acceptors (Lipinski definition) is 3. The molecule has 0 radical (unpaired) electrons. The lowest BCUT2D eigenvalue weighted by Gasteiger charge is -2.39. The van der Waals surface area contributed by atoms with E-state index in [1.165, 1.54) is 11.1 Å². The summed E-state index contributed by atoms with van der Waals surface area (Å²) in [4.78, 5) is 12.2. The normalized spacial score (nSPS) is 17.0. The van der Waals surface area contributed by atoms with E-state index in [4.69, 9.17) is 9.47 Å². The number of amides is 1. The summed E-state index contributed by atoms with van der Waals surface area (Å²) in [5.74, 6) is 0.567. The number of hydrogen-bond donors (Lipinski definition) is 1. The maximum Gasteiger partial charge on any atom is 0.222 e. The summed E-state index contributed by atoms with van der Waals surface area (Å²) in [5.41, 5.74) is 2.61. The molecule has 24 heavy (non-hydrogen) atoms. The molecule has 1 aromatic rings. The van der Waals surface area contributed by atoms with Crippen molar-refractivity contribution >= 4 is 5.91 Å². The molecule has 0 saturated carbocycles. The third kappa shape index (κ3) is 5.32. The van der Waals surface area contributed by atoms with Crippen LogP contribution >= 0.6 is 0 Å². The van der Waals surface area contributed by atoms with E-state index in [-0.39, 0.29) is 11.3 Å². The van der Waals surface area contributed by atoms with Gasteiger partial charge in [-0.25, -0.2) is 0 Å². The van der Waals surface area contributed by atoms with Crippen LogP contribution in [0.25, 0.3) is 0 Å². The molecule has 0 unspecified atom stereocenters. The molecule has 1 N–H and O–H groups in total. The molecule has 1 saturated heterocycles.